The van der Waals surface area contributed by atoms with Gasteiger partial charge in [0.15, 0.2) is 0 Å². The summed E-state index contributed by atoms with van der Waals surface area (Å²) < 4.78 is 22.7. The molecule has 0 amide bonds. The minimum absolute atomic E-state index is 0.344. The highest BCUT2D eigenvalue weighted by atomic mass is 31.1. The van der Waals surface area contributed by atoms with Crippen LogP contribution in [0.3, 0.4) is 0 Å². The Morgan fingerprint density at radius 2 is 1.33 bits per heavy atom. The van der Waals surface area contributed by atoms with E-state index in [0.29, 0.717) is 23.9 Å². The monoisotopic (exact) mass is 318 g/mol. The summed E-state index contributed by atoms with van der Waals surface area (Å²) in [5, 5.41) is 0. The summed E-state index contributed by atoms with van der Waals surface area (Å²) in [7, 11) is 0.733. The second-order valence-electron chi connectivity index (χ2n) is 6.01. The molecule has 4 atom stereocenters. The molecule has 0 bridgehead atoms. The Morgan fingerprint density at radius 1 is 0.905 bits per heavy atom. The molecule has 2 heterocycles. The van der Waals surface area contributed by atoms with Gasteiger partial charge in [-0.15, -0.1) is 0 Å². The van der Waals surface area contributed by atoms with E-state index in [1.807, 2.05) is 0 Å². The molecule has 2 saturated heterocycles. The van der Waals surface area contributed by atoms with Crippen LogP contribution in [0.25, 0.3) is 0 Å². The van der Waals surface area contributed by atoms with E-state index >= 15 is 0 Å². The fourth-order valence-electron chi connectivity index (χ4n) is 2.19. The molecule has 124 valence electrons. The molecule has 2 aliphatic rings. The lowest BCUT2D eigenvalue weighted by Gasteiger charge is -2.24. The Balaban J connectivity index is 1.71. The zero-order valence-corrected chi connectivity index (χ0v) is 14.5. The number of ether oxygens (including phenoxy) is 4. The fraction of sp³-hybridized carbons (Fsp3) is 1.00. The van der Waals surface area contributed by atoms with Gasteiger partial charge in [-0.25, -0.2) is 0 Å². The second-order valence-corrected chi connectivity index (χ2v) is 7.63. The van der Waals surface area contributed by atoms with Crippen LogP contribution in [-0.4, -0.2) is 50.3 Å². The molecule has 0 aliphatic carbocycles. The minimum Gasteiger partial charge on any atom is -0.371 e. The Bertz CT molecular complexity index is 243. The van der Waals surface area contributed by atoms with Gasteiger partial charge in [-0.05, 0) is 12.8 Å². The Morgan fingerprint density at radius 3 is 1.67 bits per heavy atom. The van der Waals surface area contributed by atoms with Crippen LogP contribution in [0.2, 0.25) is 0 Å². The van der Waals surface area contributed by atoms with E-state index in [0.717, 1.165) is 47.8 Å². The normalized spacial score (nSPS) is 27.1. The first-order valence-corrected chi connectivity index (χ1v) is 9.69. The van der Waals surface area contributed by atoms with Crippen LogP contribution < -0.4 is 0 Å². The van der Waals surface area contributed by atoms with E-state index in [-0.39, 0.29) is 0 Å². The average Bonchev–Trinajstić information content (AvgIpc) is 3.38. The van der Waals surface area contributed by atoms with Crippen molar-refractivity contribution in [3.05, 3.63) is 0 Å². The first kappa shape index (κ1) is 17.6. The van der Waals surface area contributed by atoms with E-state index in [9.17, 15) is 0 Å². The minimum atomic E-state index is 0.344. The van der Waals surface area contributed by atoms with Gasteiger partial charge in [0.05, 0.1) is 38.1 Å². The summed E-state index contributed by atoms with van der Waals surface area (Å²) in [6, 6.07) is 0. The number of hydrogen-bond donors (Lipinski definition) is 0. The smallest absolute Gasteiger partial charge is 0.104 e. The van der Waals surface area contributed by atoms with E-state index in [1.165, 1.54) is 25.7 Å². The Labute approximate surface area is 131 Å². The van der Waals surface area contributed by atoms with E-state index < -0.39 is 0 Å². The number of unbranched alkanes of at least 4 members (excludes halogenated alkanes) is 2. The predicted octanol–water partition coefficient (Wildman–Crippen LogP) is 3.53. The third kappa shape index (κ3) is 8.47. The van der Waals surface area contributed by atoms with Crippen LogP contribution in [0.15, 0.2) is 0 Å². The average molecular weight is 318 g/mol. The SMILES string of the molecule is CCCCC(OCC1CO1)PC(CCCC)OCC1CO1. The summed E-state index contributed by atoms with van der Waals surface area (Å²) >= 11 is 0. The maximum absolute atomic E-state index is 6.08. The van der Waals surface area contributed by atoms with Crippen LogP contribution >= 0.6 is 8.58 Å². The predicted molar refractivity (Wildman–Crippen MR) is 86.3 cm³/mol. The van der Waals surface area contributed by atoms with Gasteiger partial charge in [0, 0.05) is 0 Å². The van der Waals surface area contributed by atoms with E-state index in [2.05, 4.69) is 13.8 Å². The first-order valence-electron chi connectivity index (χ1n) is 8.54. The lowest BCUT2D eigenvalue weighted by atomic mass is 10.2. The molecule has 2 rings (SSSR count). The van der Waals surface area contributed by atoms with Gasteiger partial charge in [0.1, 0.15) is 12.2 Å². The molecule has 4 nitrogen and oxygen atoms in total. The summed E-state index contributed by atoms with van der Waals surface area (Å²) in [5.74, 6) is 0.687. The lowest BCUT2D eigenvalue weighted by molar-refractivity contribution is 0.0676. The molecule has 2 aliphatic heterocycles. The Kier molecular flexibility index (Phi) is 8.49. The number of hydrogen-bond acceptors (Lipinski definition) is 4. The van der Waals surface area contributed by atoms with Crippen LogP contribution in [0.4, 0.5) is 0 Å². The maximum Gasteiger partial charge on any atom is 0.104 e. The molecule has 21 heavy (non-hydrogen) atoms. The highest BCUT2D eigenvalue weighted by Gasteiger charge is 2.27. The van der Waals surface area contributed by atoms with Crippen LogP contribution in [0, 0.1) is 0 Å². The molecular weight excluding hydrogens is 287 g/mol. The van der Waals surface area contributed by atoms with Gasteiger partial charge in [0.25, 0.3) is 0 Å². The Hall–Kier alpha value is 0.270. The fourth-order valence-corrected chi connectivity index (χ4v) is 3.73. The van der Waals surface area contributed by atoms with E-state index in [4.69, 9.17) is 18.9 Å². The zero-order valence-electron chi connectivity index (χ0n) is 13.5. The van der Waals surface area contributed by atoms with Crippen molar-refractivity contribution in [1.29, 1.82) is 0 Å². The van der Waals surface area contributed by atoms with Crippen molar-refractivity contribution in [2.24, 2.45) is 0 Å². The highest BCUT2D eigenvalue weighted by Crippen LogP contribution is 2.35. The molecule has 5 heteroatoms. The third-order valence-corrected chi connectivity index (χ3v) is 5.44. The first-order chi connectivity index (χ1) is 10.3. The van der Waals surface area contributed by atoms with Crippen molar-refractivity contribution in [3.8, 4) is 0 Å². The second kappa shape index (κ2) is 10.1. The van der Waals surface area contributed by atoms with Crippen molar-refractivity contribution in [1.82, 2.24) is 0 Å². The van der Waals surface area contributed by atoms with Crippen molar-refractivity contribution >= 4 is 8.58 Å². The summed E-state index contributed by atoms with van der Waals surface area (Å²) in [4.78, 5) is 0. The van der Waals surface area contributed by atoms with Gasteiger partial charge in [-0.2, -0.15) is 0 Å². The van der Waals surface area contributed by atoms with E-state index in [1.54, 1.807) is 0 Å². The third-order valence-electron chi connectivity index (χ3n) is 3.78. The van der Waals surface area contributed by atoms with Gasteiger partial charge >= 0.3 is 0 Å². The van der Waals surface area contributed by atoms with Crippen molar-refractivity contribution in [2.75, 3.05) is 26.4 Å². The highest BCUT2D eigenvalue weighted by molar-refractivity contribution is 7.39. The summed E-state index contributed by atoms with van der Waals surface area (Å²) in [5.41, 5.74) is 0. The van der Waals surface area contributed by atoms with Crippen LogP contribution in [-0.2, 0) is 18.9 Å². The molecule has 0 aromatic carbocycles. The molecule has 0 saturated carbocycles. The lowest BCUT2D eigenvalue weighted by Crippen LogP contribution is -2.19. The van der Waals surface area contributed by atoms with Gasteiger partial charge < -0.3 is 18.9 Å². The van der Waals surface area contributed by atoms with Gasteiger partial charge in [-0.1, -0.05) is 48.1 Å². The standard InChI is InChI=1S/C16H31O4P/c1-3-5-7-15(19-11-13-9-17-13)21-16(8-6-4-2)20-12-14-10-18-14/h13-16,21H,3-12H2,1-2H3. The molecule has 2 fully saturated rings. The van der Waals surface area contributed by atoms with Crippen molar-refractivity contribution < 1.29 is 18.9 Å². The molecule has 4 unspecified atom stereocenters. The van der Waals surface area contributed by atoms with Crippen molar-refractivity contribution in [2.45, 2.75) is 76.3 Å². The molecule has 0 aromatic rings. The van der Waals surface area contributed by atoms with Crippen LogP contribution in [0.5, 0.6) is 0 Å². The molecule has 0 radical (unpaired) electrons. The van der Waals surface area contributed by atoms with Crippen molar-refractivity contribution in [3.63, 3.8) is 0 Å². The summed E-state index contributed by atoms with van der Waals surface area (Å²) in [6.45, 7) is 7.73. The molecular formula is C16H31O4P. The quantitative estimate of drug-likeness (QED) is 0.363. The molecule has 0 N–H and O–H groups in total. The largest absolute Gasteiger partial charge is 0.371 e. The topological polar surface area (TPSA) is 43.5 Å². The zero-order chi connectivity index (χ0) is 14.9. The maximum atomic E-state index is 6.08. The number of epoxide rings is 2. The van der Waals surface area contributed by atoms with Gasteiger partial charge in [-0.3, -0.25) is 0 Å². The summed E-state index contributed by atoms with van der Waals surface area (Å²) in [6.07, 6.45) is 7.91. The number of rotatable bonds is 14. The molecule has 0 spiro atoms. The van der Waals surface area contributed by atoms with Crippen LogP contribution in [0.1, 0.15) is 52.4 Å². The van der Waals surface area contributed by atoms with Gasteiger partial charge in [0.2, 0.25) is 0 Å². The molecule has 0 aromatic heterocycles.